The summed E-state index contributed by atoms with van der Waals surface area (Å²) < 4.78 is 12.9. The zero-order valence-corrected chi connectivity index (χ0v) is 10.5. The molecule has 0 atom stereocenters. The molecule has 0 radical (unpaired) electrons. The summed E-state index contributed by atoms with van der Waals surface area (Å²) in [6.07, 6.45) is 5.17. The summed E-state index contributed by atoms with van der Waals surface area (Å²) in [7, 11) is 0. The van der Waals surface area contributed by atoms with E-state index in [1.165, 1.54) is 13.8 Å². The number of hydrogen-bond donors (Lipinski definition) is 1. The maximum atomic E-state index is 12.9. The van der Waals surface area contributed by atoms with Gasteiger partial charge in [-0.3, -0.25) is 0 Å². The molecule has 0 amide bonds. The van der Waals surface area contributed by atoms with Gasteiger partial charge in [-0.2, -0.15) is 0 Å². The molecule has 0 aliphatic rings. The van der Waals surface area contributed by atoms with Crippen molar-refractivity contribution in [1.29, 1.82) is 0 Å². The van der Waals surface area contributed by atoms with Crippen molar-refractivity contribution in [2.24, 2.45) is 5.73 Å². The lowest BCUT2D eigenvalue weighted by atomic mass is 9.99. The van der Waals surface area contributed by atoms with E-state index in [2.05, 4.69) is 0 Å². The molecule has 0 aromatic heterocycles. The largest absolute Gasteiger partial charge is 0.326 e. The second kappa shape index (κ2) is 6.99. The molecule has 0 bridgehead atoms. The molecule has 86 valence electrons. The first-order valence-electron chi connectivity index (χ1n) is 5.36. The van der Waals surface area contributed by atoms with Crippen LogP contribution in [0.2, 0.25) is 0 Å². The molecule has 0 aliphatic heterocycles. The van der Waals surface area contributed by atoms with Gasteiger partial charge in [0.05, 0.1) is 0 Å². The highest BCUT2D eigenvalue weighted by molar-refractivity contribution is 4.96. The zero-order chi connectivity index (χ0) is 11.8. The Bertz CT molecular complexity index is 149. The fourth-order valence-electron chi connectivity index (χ4n) is 0.819. The van der Waals surface area contributed by atoms with Crippen molar-refractivity contribution in [3.05, 3.63) is 12.2 Å². The first-order valence-corrected chi connectivity index (χ1v) is 5.36. The minimum absolute atomic E-state index is 0.148. The fraction of sp³-hybridized carbons (Fsp3) is 0.833. The maximum Gasteiger partial charge on any atom is 0.123 e. The van der Waals surface area contributed by atoms with Crippen LogP contribution in [0.3, 0.4) is 0 Å². The predicted molar refractivity (Wildman–Crippen MR) is 63.2 cm³/mol. The van der Waals surface area contributed by atoms with E-state index in [1.54, 1.807) is 6.08 Å². The van der Waals surface area contributed by atoms with E-state index in [1.807, 2.05) is 33.8 Å². The van der Waals surface area contributed by atoms with E-state index in [9.17, 15) is 4.39 Å². The van der Waals surface area contributed by atoms with E-state index < -0.39 is 5.67 Å². The minimum Gasteiger partial charge on any atom is -0.326 e. The number of hydrogen-bond acceptors (Lipinski definition) is 1. The van der Waals surface area contributed by atoms with Crippen LogP contribution in [0, 0.1) is 0 Å². The van der Waals surface area contributed by atoms with Crippen LogP contribution in [-0.2, 0) is 0 Å². The SMILES string of the molecule is CC.CC(C)(F)/C=C/CCC(C)(C)N. The summed E-state index contributed by atoms with van der Waals surface area (Å²) in [6.45, 7) is 11.0. The third kappa shape index (κ3) is 17.6. The molecule has 0 aromatic carbocycles. The molecule has 0 spiro atoms. The predicted octanol–water partition coefficient (Wildman–Crippen LogP) is 3.83. The average molecular weight is 203 g/mol. The normalized spacial score (nSPS) is 12.6. The van der Waals surface area contributed by atoms with Crippen LogP contribution in [0.1, 0.15) is 54.4 Å². The van der Waals surface area contributed by atoms with Gasteiger partial charge in [0.1, 0.15) is 5.67 Å². The first-order chi connectivity index (χ1) is 6.21. The molecule has 0 fully saturated rings. The number of nitrogens with two attached hydrogens (primary N) is 1. The summed E-state index contributed by atoms with van der Waals surface area (Å²) in [5.41, 5.74) is 4.41. The van der Waals surface area contributed by atoms with Crippen molar-refractivity contribution in [3.8, 4) is 0 Å². The van der Waals surface area contributed by atoms with E-state index in [-0.39, 0.29) is 5.54 Å². The fourth-order valence-corrected chi connectivity index (χ4v) is 0.819. The van der Waals surface area contributed by atoms with Gasteiger partial charge >= 0.3 is 0 Å². The maximum absolute atomic E-state index is 12.9. The van der Waals surface area contributed by atoms with Gasteiger partial charge < -0.3 is 5.73 Å². The molecule has 0 rings (SSSR count). The van der Waals surface area contributed by atoms with Crippen molar-refractivity contribution in [2.75, 3.05) is 0 Å². The standard InChI is InChI=1S/C10H20FN.C2H6/c1-9(2,11)7-5-6-8-10(3,4)12;1-2/h5,7H,6,8,12H2,1-4H3;1-2H3/b7-5+;. The Morgan fingerprint density at radius 1 is 1.14 bits per heavy atom. The summed E-state index contributed by atoms with van der Waals surface area (Å²) >= 11 is 0. The van der Waals surface area contributed by atoms with Crippen molar-refractivity contribution in [2.45, 2.75) is 65.6 Å². The summed E-state index contributed by atoms with van der Waals surface area (Å²) in [4.78, 5) is 0. The first kappa shape index (κ1) is 16.1. The molecule has 2 N–H and O–H groups in total. The van der Waals surface area contributed by atoms with E-state index in [4.69, 9.17) is 5.73 Å². The lowest BCUT2D eigenvalue weighted by molar-refractivity contribution is 0.286. The Morgan fingerprint density at radius 3 is 1.86 bits per heavy atom. The van der Waals surface area contributed by atoms with Gasteiger partial charge in [0, 0.05) is 5.54 Å². The number of halogens is 1. The van der Waals surface area contributed by atoms with Crippen LogP contribution >= 0.6 is 0 Å². The van der Waals surface area contributed by atoms with Gasteiger partial charge in [0.15, 0.2) is 0 Å². The van der Waals surface area contributed by atoms with Gasteiger partial charge in [0.25, 0.3) is 0 Å². The minimum atomic E-state index is -1.20. The van der Waals surface area contributed by atoms with Crippen LogP contribution in [0.25, 0.3) is 0 Å². The second-order valence-electron chi connectivity index (χ2n) is 4.49. The summed E-state index contributed by atoms with van der Waals surface area (Å²) in [5, 5.41) is 0. The van der Waals surface area contributed by atoms with Crippen LogP contribution in [0.4, 0.5) is 4.39 Å². The number of rotatable bonds is 4. The summed E-state index contributed by atoms with van der Waals surface area (Å²) in [6, 6.07) is 0. The van der Waals surface area contributed by atoms with Crippen LogP contribution in [-0.4, -0.2) is 11.2 Å². The average Bonchev–Trinajstić information content (AvgIpc) is 1.99. The number of alkyl halides is 1. The molecule has 0 saturated heterocycles. The number of allylic oxidation sites excluding steroid dienone is 2. The topological polar surface area (TPSA) is 26.0 Å². The van der Waals surface area contributed by atoms with Gasteiger partial charge in [-0.15, -0.1) is 0 Å². The Morgan fingerprint density at radius 2 is 1.57 bits per heavy atom. The van der Waals surface area contributed by atoms with Crippen LogP contribution < -0.4 is 5.73 Å². The monoisotopic (exact) mass is 203 g/mol. The van der Waals surface area contributed by atoms with Gasteiger partial charge in [0.2, 0.25) is 0 Å². The van der Waals surface area contributed by atoms with Gasteiger partial charge in [-0.25, -0.2) is 4.39 Å². The molecule has 0 unspecified atom stereocenters. The van der Waals surface area contributed by atoms with E-state index >= 15 is 0 Å². The van der Waals surface area contributed by atoms with Crippen molar-refractivity contribution < 1.29 is 4.39 Å². The van der Waals surface area contributed by atoms with Crippen molar-refractivity contribution in [3.63, 3.8) is 0 Å². The smallest absolute Gasteiger partial charge is 0.123 e. The lowest BCUT2D eigenvalue weighted by Gasteiger charge is -2.16. The quantitative estimate of drug-likeness (QED) is 0.690. The third-order valence-corrected chi connectivity index (χ3v) is 1.47. The Balaban J connectivity index is 0. The Labute approximate surface area is 88.6 Å². The molecule has 0 saturated carbocycles. The van der Waals surface area contributed by atoms with Gasteiger partial charge in [-0.1, -0.05) is 26.0 Å². The van der Waals surface area contributed by atoms with Gasteiger partial charge in [-0.05, 0) is 40.5 Å². The lowest BCUT2D eigenvalue weighted by Crippen LogP contribution is -2.31. The highest BCUT2D eigenvalue weighted by atomic mass is 19.1. The molecular formula is C12H26FN. The van der Waals surface area contributed by atoms with Crippen LogP contribution in [0.15, 0.2) is 12.2 Å². The Kier molecular flexibility index (Phi) is 8.03. The Hall–Kier alpha value is -0.370. The van der Waals surface area contributed by atoms with Crippen molar-refractivity contribution >= 4 is 0 Å². The molecule has 0 aromatic rings. The second-order valence-corrected chi connectivity index (χ2v) is 4.49. The van der Waals surface area contributed by atoms with Crippen LogP contribution in [0.5, 0.6) is 0 Å². The zero-order valence-electron chi connectivity index (χ0n) is 10.5. The summed E-state index contributed by atoms with van der Waals surface area (Å²) in [5.74, 6) is 0. The molecule has 1 nitrogen and oxygen atoms in total. The molecule has 2 heteroatoms. The molecule has 0 aliphatic carbocycles. The van der Waals surface area contributed by atoms with E-state index in [0.29, 0.717) is 0 Å². The van der Waals surface area contributed by atoms with Crippen molar-refractivity contribution in [1.82, 2.24) is 0 Å². The van der Waals surface area contributed by atoms with E-state index in [0.717, 1.165) is 12.8 Å². The molecular weight excluding hydrogens is 177 g/mol. The highest BCUT2D eigenvalue weighted by Gasteiger charge is 2.10. The molecule has 0 heterocycles. The molecule has 14 heavy (non-hydrogen) atoms. The highest BCUT2D eigenvalue weighted by Crippen LogP contribution is 2.12. The third-order valence-electron chi connectivity index (χ3n) is 1.47.